The Kier molecular flexibility index (Phi) is 4.34. The van der Waals surface area contributed by atoms with Crippen molar-refractivity contribution in [2.75, 3.05) is 18.1 Å². The molecule has 0 fully saturated rings. The van der Waals surface area contributed by atoms with E-state index in [0.29, 0.717) is 11.5 Å². The van der Waals surface area contributed by atoms with E-state index >= 15 is 0 Å². The Hall–Kier alpha value is 0.110. The molecule has 0 bridgehead atoms. The lowest BCUT2D eigenvalue weighted by atomic mass is 10.9. The van der Waals surface area contributed by atoms with Gasteiger partial charge in [0.1, 0.15) is 0 Å². The Balaban J connectivity index is 3.00. The van der Waals surface area contributed by atoms with E-state index in [2.05, 4.69) is 0 Å². The molecule has 7 heavy (non-hydrogen) atoms. The highest BCUT2D eigenvalue weighted by atomic mass is 32.2. The van der Waals surface area contributed by atoms with Crippen molar-refractivity contribution in [3.63, 3.8) is 0 Å². The SMILES string of the molecule is CC[S@@](=O)CCO. The molecule has 0 aromatic heterocycles. The van der Waals surface area contributed by atoms with E-state index in [4.69, 9.17) is 5.11 Å². The van der Waals surface area contributed by atoms with Crippen molar-refractivity contribution >= 4 is 10.8 Å². The number of aliphatic hydroxyl groups is 1. The zero-order chi connectivity index (χ0) is 5.70. The summed E-state index contributed by atoms with van der Waals surface area (Å²) < 4.78 is 10.4. The van der Waals surface area contributed by atoms with Gasteiger partial charge in [0.15, 0.2) is 0 Å². The van der Waals surface area contributed by atoms with Gasteiger partial charge in [0, 0.05) is 22.3 Å². The molecular weight excluding hydrogens is 112 g/mol. The topological polar surface area (TPSA) is 37.3 Å². The molecule has 0 aromatic rings. The molecule has 0 aliphatic heterocycles. The molecule has 0 saturated carbocycles. The van der Waals surface area contributed by atoms with Gasteiger partial charge in [-0.3, -0.25) is 4.21 Å². The van der Waals surface area contributed by atoms with Gasteiger partial charge < -0.3 is 5.11 Å². The average molecular weight is 122 g/mol. The van der Waals surface area contributed by atoms with Crippen molar-refractivity contribution in [2.24, 2.45) is 0 Å². The summed E-state index contributed by atoms with van der Waals surface area (Å²) in [6.07, 6.45) is 0. The fourth-order valence-corrected chi connectivity index (χ4v) is 0.738. The summed E-state index contributed by atoms with van der Waals surface area (Å²) in [5, 5.41) is 8.17. The monoisotopic (exact) mass is 122 g/mol. The summed E-state index contributed by atoms with van der Waals surface area (Å²) >= 11 is 0. The zero-order valence-electron chi connectivity index (χ0n) is 4.39. The molecule has 3 heteroatoms. The minimum atomic E-state index is -0.777. The first-order valence-electron chi connectivity index (χ1n) is 2.27. The normalized spacial score (nSPS) is 14.0. The van der Waals surface area contributed by atoms with Crippen LogP contribution >= 0.6 is 0 Å². The van der Waals surface area contributed by atoms with Crippen LogP contribution in [0, 0.1) is 0 Å². The second-order valence-electron chi connectivity index (χ2n) is 1.16. The Morgan fingerprint density at radius 3 is 2.43 bits per heavy atom. The maximum absolute atomic E-state index is 10.4. The third-order valence-corrected chi connectivity index (χ3v) is 1.92. The summed E-state index contributed by atoms with van der Waals surface area (Å²) in [7, 11) is -0.777. The number of hydrogen-bond donors (Lipinski definition) is 1. The van der Waals surface area contributed by atoms with Crippen LogP contribution in [0.1, 0.15) is 6.92 Å². The van der Waals surface area contributed by atoms with E-state index in [9.17, 15) is 4.21 Å². The number of rotatable bonds is 3. The molecule has 0 rings (SSSR count). The highest BCUT2D eigenvalue weighted by Gasteiger charge is 1.89. The lowest BCUT2D eigenvalue weighted by Crippen LogP contribution is -2.02. The maximum Gasteiger partial charge on any atom is 0.0546 e. The Bertz CT molecular complexity index is 62.7. The van der Waals surface area contributed by atoms with Crippen LogP contribution in [0.25, 0.3) is 0 Å². The van der Waals surface area contributed by atoms with E-state index in [1.54, 1.807) is 0 Å². The van der Waals surface area contributed by atoms with Crippen molar-refractivity contribution < 1.29 is 9.32 Å². The molecule has 0 spiro atoms. The summed E-state index contributed by atoms with van der Waals surface area (Å²) in [4.78, 5) is 0. The summed E-state index contributed by atoms with van der Waals surface area (Å²) in [5.74, 6) is 1.08. The second kappa shape index (κ2) is 4.27. The molecule has 2 nitrogen and oxygen atoms in total. The minimum Gasteiger partial charge on any atom is -0.395 e. The van der Waals surface area contributed by atoms with E-state index in [-0.39, 0.29) is 6.61 Å². The van der Waals surface area contributed by atoms with Crippen LogP contribution in [-0.4, -0.2) is 27.4 Å². The molecule has 0 amide bonds. The van der Waals surface area contributed by atoms with Crippen LogP contribution < -0.4 is 0 Å². The van der Waals surface area contributed by atoms with Crippen molar-refractivity contribution in [3.8, 4) is 0 Å². The van der Waals surface area contributed by atoms with Gasteiger partial charge in [-0.25, -0.2) is 0 Å². The number of aliphatic hydroxyl groups excluding tert-OH is 1. The van der Waals surface area contributed by atoms with E-state index in [1.165, 1.54) is 0 Å². The Morgan fingerprint density at radius 2 is 2.29 bits per heavy atom. The highest BCUT2D eigenvalue weighted by Crippen LogP contribution is 1.76. The fraction of sp³-hybridized carbons (Fsp3) is 1.00. The van der Waals surface area contributed by atoms with Crippen LogP contribution in [-0.2, 0) is 10.8 Å². The zero-order valence-corrected chi connectivity index (χ0v) is 5.20. The van der Waals surface area contributed by atoms with E-state index < -0.39 is 10.8 Å². The largest absolute Gasteiger partial charge is 0.395 e. The standard InChI is InChI=1S/C4H10O2S/c1-2-7(6)4-3-5/h5H,2-4H2,1H3/t7-/m1/s1. The van der Waals surface area contributed by atoms with Crippen LogP contribution in [0.5, 0.6) is 0 Å². The molecule has 1 N–H and O–H groups in total. The van der Waals surface area contributed by atoms with Crippen LogP contribution in [0.3, 0.4) is 0 Å². The first kappa shape index (κ1) is 7.11. The molecular formula is C4H10O2S. The molecule has 0 unspecified atom stereocenters. The first-order valence-corrected chi connectivity index (χ1v) is 3.76. The lowest BCUT2D eigenvalue weighted by molar-refractivity contribution is 0.321. The quantitative estimate of drug-likeness (QED) is 0.560. The average Bonchev–Trinajstić information content (AvgIpc) is 1.68. The first-order chi connectivity index (χ1) is 3.31. The van der Waals surface area contributed by atoms with Gasteiger partial charge in [-0.1, -0.05) is 6.92 Å². The molecule has 0 saturated heterocycles. The third kappa shape index (κ3) is 3.95. The highest BCUT2D eigenvalue weighted by molar-refractivity contribution is 7.84. The van der Waals surface area contributed by atoms with Crippen molar-refractivity contribution in [3.05, 3.63) is 0 Å². The van der Waals surface area contributed by atoms with Gasteiger partial charge in [0.25, 0.3) is 0 Å². The summed E-state index contributed by atoms with van der Waals surface area (Å²) in [6.45, 7) is 1.88. The molecule has 0 aliphatic carbocycles. The third-order valence-electron chi connectivity index (χ3n) is 0.641. The van der Waals surface area contributed by atoms with Gasteiger partial charge >= 0.3 is 0 Å². The van der Waals surface area contributed by atoms with E-state index in [1.807, 2.05) is 6.92 Å². The Labute approximate surface area is 46.0 Å². The van der Waals surface area contributed by atoms with Gasteiger partial charge in [0.2, 0.25) is 0 Å². The van der Waals surface area contributed by atoms with Crippen molar-refractivity contribution in [2.45, 2.75) is 6.92 Å². The van der Waals surface area contributed by atoms with Gasteiger partial charge in [0.05, 0.1) is 6.61 Å². The van der Waals surface area contributed by atoms with Crippen molar-refractivity contribution in [1.29, 1.82) is 0 Å². The fourth-order valence-electron chi connectivity index (χ4n) is 0.246. The van der Waals surface area contributed by atoms with E-state index in [0.717, 1.165) is 0 Å². The maximum atomic E-state index is 10.4. The summed E-state index contributed by atoms with van der Waals surface area (Å²) in [5.41, 5.74) is 0. The second-order valence-corrected chi connectivity index (χ2v) is 3.02. The lowest BCUT2D eigenvalue weighted by Gasteiger charge is -1.89. The molecule has 0 heterocycles. The van der Waals surface area contributed by atoms with Crippen LogP contribution in [0.2, 0.25) is 0 Å². The van der Waals surface area contributed by atoms with Gasteiger partial charge in [-0.05, 0) is 0 Å². The molecule has 0 aliphatic rings. The Morgan fingerprint density at radius 1 is 1.71 bits per heavy atom. The molecule has 1 atom stereocenters. The minimum absolute atomic E-state index is 0.0421. The summed E-state index contributed by atoms with van der Waals surface area (Å²) in [6, 6.07) is 0. The molecule has 0 aromatic carbocycles. The molecule has 44 valence electrons. The van der Waals surface area contributed by atoms with Gasteiger partial charge in [-0.2, -0.15) is 0 Å². The van der Waals surface area contributed by atoms with Crippen LogP contribution in [0.15, 0.2) is 0 Å². The van der Waals surface area contributed by atoms with Crippen LogP contribution in [0.4, 0.5) is 0 Å². The van der Waals surface area contributed by atoms with Crippen molar-refractivity contribution in [1.82, 2.24) is 0 Å². The molecule has 0 radical (unpaired) electrons. The predicted octanol–water partition coefficient (Wildman–Crippen LogP) is -0.253. The van der Waals surface area contributed by atoms with Gasteiger partial charge in [-0.15, -0.1) is 0 Å². The number of hydrogen-bond acceptors (Lipinski definition) is 2. The predicted molar refractivity (Wildman–Crippen MR) is 30.6 cm³/mol. The smallest absolute Gasteiger partial charge is 0.0546 e.